The van der Waals surface area contributed by atoms with Gasteiger partial charge in [0, 0.05) is 42.2 Å². The fraction of sp³-hybridized carbons (Fsp3) is 0.214. The van der Waals surface area contributed by atoms with Gasteiger partial charge in [0.25, 0.3) is 5.91 Å². The van der Waals surface area contributed by atoms with Crippen molar-refractivity contribution in [1.29, 1.82) is 0 Å². The van der Waals surface area contributed by atoms with Crippen LogP contribution in [0, 0.1) is 17.0 Å². The number of nitro groups is 1. The van der Waals surface area contributed by atoms with Gasteiger partial charge in [-0.2, -0.15) is 0 Å². The third-order valence-electron chi connectivity index (χ3n) is 6.71. The molecule has 0 bridgehead atoms. The fourth-order valence-corrected chi connectivity index (χ4v) is 4.98. The van der Waals surface area contributed by atoms with Gasteiger partial charge in [0.15, 0.2) is 0 Å². The zero-order chi connectivity index (χ0) is 26.1. The van der Waals surface area contributed by atoms with Crippen molar-refractivity contribution in [3.8, 4) is 0 Å². The molecule has 1 saturated heterocycles. The van der Waals surface area contributed by atoms with Gasteiger partial charge in [-0.25, -0.2) is 0 Å². The predicted octanol–water partition coefficient (Wildman–Crippen LogP) is 4.88. The Bertz CT molecular complexity index is 1540. The lowest BCUT2D eigenvalue weighted by Gasteiger charge is -2.36. The van der Waals surface area contributed by atoms with Gasteiger partial charge in [-0.1, -0.05) is 53.6 Å². The molecular formula is C28H25ClN4O4. The highest BCUT2D eigenvalue weighted by Crippen LogP contribution is 2.35. The minimum Gasteiger partial charge on any atom is -0.362 e. The van der Waals surface area contributed by atoms with Crippen molar-refractivity contribution in [2.45, 2.75) is 13.5 Å². The number of aryl methyl sites for hydroxylation is 1. The summed E-state index contributed by atoms with van der Waals surface area (Å²) < 4.78 is 1.48. The zero-order valence-corrected chi connectivity index (χ0v) is 21.0. The fourth-order valence-electron chi connectivity index (χ4n) is 4.86. The summed E-state index contributed by atoms with van der Waals surface area (Å²) in [6, 6.07) is 21.8. The molecule has 0 N–H and O–H groups in total. The minimum absolute atomic E-state index is 0.121. The van der Waals surface area contributed by atoms with Crippen molar-refractivity contribution in [3.05, 3.63) is 115 Å². The molecule has 9 heteroatoms. The lowest BCUT2D eigenvalue weighted by molar-refractivity contribution is -0.385. The summed E-state index contributed by atoms with van der Waals surface area (Å²) in [5.41, 5.74) is 2.23. The Kier molecular flexibility index (Phi) is 6.67. The van der Waals surface area contributed by atoms with Crippen molar-refractivity contribution in [2.75, 3.05) is 31.1 Å². The molecule has 0 radical (unpaired) electrons. The molecule has 5 rings (SSSR count). The molecule has 1 amide bonds. The number of nitrogens with zero attached hydrogens (tertiary/aromatic N) is 4. The number of carbonyl (C=O) groups excluding carboxylic acids is 1. The minimum atomic E-state index is -0.639. The summed E-state index contributed by atoms with van der Waals surface area (Å²) in [7, 11) is 0. The first-order valence-corrected chi connectivity index (χ1v) is 12.4. The maximum absolute atomic E-state index is 13.6. The Balaban J connectivity index is 1.54. The van der Waals surface area contributed by atoms with E-state index in [-0.39, 0.29) is 12.5 Å². The Morgan fingerprint density at radius 2 is 1.65 bits per heavy atom. The van der Waals surface area contributed by atoms with Crippen LogP contribution >= 0.6 is 11.6 Å². The second-order valence-corrected chi connectivity index (χ2v) is 9.57. The van der Waals surface area contributed by atoms with Crippen LogP contribution in [0.4, 0.5) is 11.4 Å². The van der Waals surface area contributed by atoms with Crippen molar-refractivity contribution in [1.82, 2.24) is 9.47 Å². The maximum atomic E-state index is 13.6. The molecular weight excluding hydrogens is 492 g/mol. The monoisotopic (exact) mass is 516 g/mol. The normalized spacial score (nSPS) is 13.7. The molecule has 1 aliphatic rings. The molecule has 3 aromatic carbocycles. The standard InChI is InChI=1S/C28H25ClN4O4/c1-19-7-12-24-23(17-19)25(26(33(36)37)28(35)32(24)18-20-5-3-2-4-6-20)30-13-15-31(16-14-30)27(34)21-8-10-22(29)11-9-21/h2-12,17H,13-16,18H2,1H3. The number of amides is 1. The number of anilines is 1. The van der Waals surface area contributed by atoms with E-state index in [9.17, 15) is 19.7 Å². The van der Waals surface area contributed by atoms with Crippen LogP contribution in [0.2, 0.25) is 5.02 Å². The molecule has 0 unspecified atom stereocenters. The van der Waals surface area contributed by atoms with Crippen LogP contribution in [0.25, 0.3) is 10.9 Å². The van der Waals surface area contributed by atoms with Crippen LogP contribution in [0.5, 0.6) is 0 Å². The van der Waals surface area contributed by atoms with Crippen molar-refractivity contribution in [3.63, 3.8) is 0 Å². The summed E-state index contributed by atoms with van der Waals surface area (Å²) in [6.07, 6.45) is 0. The van der Waals surface area contributed by atoms with Gasteiger partial charge < -0.3 is 9.80 Å². The van der Waals surface area contributed by atoms with Gasteiger partial charge in [0.1, 0.15) is 5.69 Å². The maximum Gasteiger partial charge on any atom is 0.357 e. The van der Waals surface area contributed by atoms with E-state index in [4.69, 9.17) is 11.6 Å². The van der Waals surface area contributed by atoms with E-state index >= 15 is 0 Å². The molecule has 4 aromatic rings. The number of fused-ring (bicyclic) bond motifs is 1. The Morgan fingerprint density at radius 1 is 0.973 bits per heavy atom. The summed E-state index contributed by atoms with van der Waals surface area (Å²) in [5.74, 6) is -0.121. The van der Waals surface area contributed by atoms with E-state index in [1.54, 1.807) is 29.2 Å². The third kappa shape index (κ3) is 4.80. The molecule has 188 valence electrons. The molecule has 0 atom stereocenters. The molecule has 0 saturated carbocycles. The molecule has 1 fully saturated rings. The summed E-state index contributed by atoms with van der Waals surface area (Å²) in [5, 5.41) is 13.5. The second-order valence-electron chi connectivity index (χ2n) is 9.14. The van der Waals surface area contributed by atoms with Crippen LogP contribution in [-0.2, 0) is 6.54 Å². The van der Waals surface area contributed by atoms with E-state index in [1.807, 2.05) is 60.4 Å². The number of pyridine rings is 1. The number of hydrogen-bond acceptors (Lipinski definition) is 5. The first-order chi connectivity index (χ1) is 17.8. The first kappa shape index (κ1) is 24.5. The number of halogens is 1. The lowest BCUT2D eigenvalue weighted by Crippen LogP contribution is -2.49. The van der Waals surface area contributed by atoms with Gasteiger partial charge in [0.05, 0.1) is 17.0 Å². The van der Waals surface area contributed by atoms with Gasteiger partial charge >= 0.3 is 11.2 Å². The first-order valence-electron chi connectivity index (χ1n) is 12.0. The quantitative estimate of drug-likeness (QED) is 0.278. The topological polar surface area (TPSA) is 88.7 Å². The Hall–Kier alpha value is -4.17. The van der Waals surface area contributed by atoms with Crippen LogP contribution in [0.1, 0.15) is 21.5 Å². The number of rotatable bonds is 5. The molecule has 37 heavy (non-hydrogen) atoms. The van der Waals surface area contributed by atoms with Gasteiger partial charge in [-0.05, 0) is 48.9 Å². The zero-order valence-electron chi connectivity index (χ0n) is 20.3. The van der Waals surface area contributed by atoms with E-state index in [1.165, 1.54) is 4.57 Å². The molecule has 1 aromatic heterocycles. The highest BCUT2D eigenvalue weighted by molar-refractivity contribution is 6.30. The van der Waals surface area contributed by atoms with E-state index in [0.29, 0.717) is 53.4 Å². The average Bonchev–Trinajstić information content (AvgIpc) is 2.90. The largest absolute Gasteiger partial charge is 0.362 e. The summed E-state index contributed by atoms with van der Waals surface area (Å²) in [4.78, 5) is 41.8. The molecule has 2 heterocycles. The van der Waals surface area contributed by atoms with Gasteiger partial charge in [0.2, 0.25) is 0 Å². The van der Waals surface area contributed by atoms with E-state index < -0.39 is 16.2 Å². The smallest absolute Gasteiger partial charge is 0.357 e. The molecule has 8 nitrogen and oxygen atoms in total. The number of benzene rings is 3. The van der Waals surface area contributed by atoms with Gasteiger partial charge in [-0.3, -0.25) is 24.3 Å². The lowest BCUT2D eigenvalue weighted by atomic mass is 10.1. The number of carbonyl (C=O) groups is 1. The van der Waals surface area contributed by atoms with Crippen LogP contribution in [0.3, 0.4) is 0 Å². The highest BCUT2D eigenvalue weighted by atomic mass is 35.5. The van der Waals surface area contributed by atoms with Crippen molar-refractivity contribution in [2.24, 2.45) is 0 Å². The summed E-state index contributed by atoms with van der Waals surface area (Å²) >= 11 is 5.94. The van der Waals surface area contributed by atoms with Crippen LogP contribution in [-0.4, -0.2) is 46.5 Å². The Labute approximate surface area is 218 Å². The van der Waals surface area contributed by atoms with E-state index in [2.05, 4.69) is 0 Å². The van der Waals surface area contributed by atoms with Crippen LogP contribution in [0.15, 0.2) is 77.6 Å². The average molecular weight is 517 g/mol. The van der Waals surface area contributed by atoms with Crippen LogP contribution < -0.4 is 10.5 Å². The molecule has 0 spiro atoms. The number of aromatic nitrogens is 1. The highest BCUT2D eigenvalue weighted by Gasteiger charge is 2.32. The second kappa shape index (κ2) is 10.1. The molecule has 1 aliphatic heterocycles. The SMILES string of the molecule is Cc1ccc2c(c1)c(N1CCN(C(=O)c3ccc(Cl)cc3)CC1)c([N+](=O)[O-])c(=O)n2Cc1ccccc1. The number of piperazine rings is 1. The van der Waals surface area contributed by atoms with Crippen molar-refractivity contribution >= 4 is 39.8 Å². The third-order valence-corrected chi connectivity index (χ3v) is 6.96. The van der Waals surface area contributed by atoms with E-state index in [0.717, 1.165) is 11.1 Å². The summed E-state index contributed by atoms with van der Waals surface area (Å²) in [6.45, 7) is 3.63. The Morgan fingerprint density at radius 3 is 2.30 bits per heavy atom. The van der Waals surface area contributed by atoms with Crippen molar-refractivity contribution < 1.29 is 9.72 Å². The number of hydrogen-bond donors (Lipinski definition) is 0. The molecule has 0 aliphatic carbocycles. The predicted molar refractivity (Wildman–Crippen MR) is 145 cm³/mol. The van der Waals surface area contributed by atoms with Gasteiger partial charge in [-0.15, -0.1) is 0 Å².